The molecule has 0 N–H and O–H groups in total. The molecule has 0 saturated carbocycles. The number of hydrogen-bond donors (Lipinski definition) is 0. The van der Waals surface area contributed by atoms with Crippen molar-refractivity contribution in [1.29, 1.82) is 0 Å². The molecule has 4 nitrogen and oxygen atoms in total. The van der Waals surface area contributed by atoms with Crippen LogP contribution in [0.15, 0.2) is 128 Å². The average molecular weight is 867 g/mol. The predicted molar refractivity (Wildman–Crippen MR) is 171 cm³/mol. The van der Waals surface area contributed by atoms with E-state index in [9.17, 15) is 26.3 Å². The minimum atomic E-state index is -4.91. The zero-order chi connectivity index (χ0) is 33.6. The van der Waals surface area contributed by atoms with Gasteiger partial charge in [-0.3, -0.25) is 13.6 Å². The molecule has 4 aromatic carbocycles. The Morgan fingerprint density at radius 2 is 1.00 bits per heavy atom. The fourth-order valence-corrected chi connectivity index (χ4v) is 4.47. The Hall–Kier alpha value is -3.69. The normalized spacial score (nSPS) is 10.9. The van der Waals surface area contributed by atoms with E-state index in [1.54, 1.807) is 0 Å². The van der Waals surface area contributed by atoms with E-state index < -0.39 is 32.1 Å². The minimum Gasteiger partial charge on any atom is -0.305 e. The fraction of sp³-hybridized carbons (Fsp3) is 0.147. The van der Waals surface area contributed by atoms with Gasteiger partial charge in [-0.25, -0.2) is 0 Å². The van der Waals surface area contributed by atoms with Crippen molar-refractivity contribution in [3.8, 4) is 28.5 Å². The van der Waals surface area contributed by atoms with Crippen molar-refractivity contribution in [2.75, 3.05) is 0 Å². The molecule has 0 aliphatic heterocycles. The van der Waals surface area contributed by atoms with Crippen LogP contribution in [0.25, 0.3) is 11.3 Å². The van der Waals surface area contributed by atoms with E-state index in [0.29, 0.717) is 6.07 Å². The van der Waals surface area contributed by atoms with Gasteiger partial charge in [-0.2, -0.15) is 26.3 Å². The van der Waals surface area contributed by atoms with Gasteiger partial charge in [-0.05, 0) is 59.3 Å². The van der Waals surface area contributed by atoms with Crippen LogP contribution in [-0.4, -0.2) is 13.8 Å². The molecular weight excluding hydrogens is 836 g/mol. The van der Waals surface area contributed by atoms with Gasteiger partial charge in [0.15, 0.2) is 17.2 Å². The summed E-state index contributed by atoms with van der Waals surface area (Å²) in [4.78, 5) is 3.73. The first-order valence-corrected chi connectivity index (χ1v) is 18.0. The monoisotopic (exact) mass is 867 g/mol. The number of nitrogens with zero attached hydrogens (tertiary/aromatic N) is 1. The Balaban J connectivity index is 0.000000289. The maximum absolute atomic E-state index is 12.7. The van der Waals surface area contributed by atoms with Crippen molar-refractivity contribution < 1.29 is 60.0 Å². The van der Waals surface area contributed by atoms with E-state index in [2.05, 4.69) is 24.6 Å². The molecule has 0 aliphatic rings. The van der Waals surface area contributed by atoms with E-state index in [1.165, 1.54) is 24.4 Å². The quantitative estimate of drug-likeness (QED) is 0.0707. The Morgan fingerprint density at radius 1 is 0.596 bits per heavy atom. The van der Waals surface area contributed by atoms with Gasteiger partial charge in [0.1, 0.15) is 0 Å². The summed E-state index contributed by atoms with van der Waals surface area (Å²) in [6.07, 6.45) is -8.51. The van der Waals surface area contributed by atoms with Gasteiger partial charge in [-0.15, -0.1) is 23.8 Å². The molecule has 5 rings (SSSR count). The third-order valence-electron chi connectivity index (χ3n) is 5.28. The number of pyridine rings is 1. The second-order valence-electron chi connectivity index (χ2n) is 9.90. The SMILES string of the molecule is C[Si](C)C.FC(F)(F)c1[c-]c(-c2ccccn2)cc(C(F)(F)F)c1.[Ir].c1ccc(O[PH+](Oc2ccccc2)Oc2ccccc2)cc1. The molecule has 0 saturated heterocycles. The van der Waals surface area contributed by atoms with Gasteiger partial charge < -0.3 is 4.98 Å². The third kappa shape index (κ3) is 14.7. The van der Waals surface area contributed by atoms with E-state index in [4.69, 9.17) is 13.6 Å². The number of benzene rings is 4. The van der Waals surface area contributed by atoms with Crippen molar-refractivity contribution in [2.24, 2.45) is 0 Å². The molecule has 0 amide bonds. The zero-order valence-electron chi connectivity index (χ0n) is 25.4. The van der Waals surface area contributed by atoms with Crippen molar-refractivity contribution in [3.05, 3.63) is 145 Å². The number of aromatic nitrogens is 1. The number of alkyl halides is 6. The molecule has 5 aromatic rings. The van der Waals surface area contributed by atoms with Crippen LogP contribution in [0.2, 0.25) is 19.6 Å². The van der Waals surface area contributed by atoms with Gasteiger partial charge in [-0.1, -0.05) is 86.4 Å². The summed E-state index contributed by atoms with van der Waals surface area (Å²) in [5.74, 6) is 2.18. The number of hydrogen-bond acceptors (Lipinski definition) is 4. The Bertz CT molecular complexity index is 1450. The molecule has 0 fully saturated rings. The van der Waals surface area contributed by atoms with E-state index >= 15 is 0 Å². The fourth-order valence-electron chi connectivity index (χ4n) is 3.36. The van der Waals surface area contributed by atoms with Crippen LogP contribution in [0, 0.1) is 6.07 Å². The van der Waals surface area contributed by atoms with Gasteiger partial charge in [0.2, 0.25) is 0 Å². The van der Waals surface area contributed by atoms with Gasteiger partial charge >= 0.3 is 21.0 Å². The van der Waals surface area contributed by atoms with Gasteiger partial charge in [0.25, 0.3) is 0 Å². The summed E-state index contributed by atoms with van der Waals surface area (Å²) < 4.78 is 93.5. The van der Waals surface area contributed by atoms with E-state index in [1.807, 2.05) is 97.1 Å². The van der Waals surface area contributed by atoms with Crippen molar-refractivity contribution in [1.82, 2.24) is 4.98 Å². The molecule has 0 unspecified atom stereocenters. The summed E-state index contributed by atoms with van der Waals surface area (Å²) >= 11 is 0. The molecule has 0 atom stereocenters. The van der Waals surface area contributed by atoms with Crippen LogP contribution in [0.5, 0.6) is 17.2 Å². The first kappa shape index (κ1) is 39.5. The van der Waals surface area contributed by atoms with E-state index in [-0.39, 0.29) is 46.2 Å². The number of halogens is 6. The van der Waals surface area contributed by atoms with E-state index in [0.717, 1.165) is 17.2 Å². The molecule has 0 aliphatic carbocycles. The van der Waals surface area contributed by atoms with Crippen molar-refractivity contribution in [2.45, 2.75) is 32.0 Å². The molecule has 250 valence electrons. The zero-order valence-corrected chi connectivity index (χ0v) is 29.8. The van der Waals surface area contributed by atoms with Crippen LogP contribution < -0.4 is 13.6 Å². The van der Waals surface area contributed by atoms with Crippen LogP contribution >= 0.6 is 8.60 Å². The topological polar surface area (TPSA) is 40.6 Å². The maximum Gasteiger partial charge on any atom is 0.528 e. The standard InChI is InChI=1S/C18H16O3P.C13H6F6N.C3H9Si.Ir/c1-4-10-16(11-5-1)19-22(20-17-12-6-2-7-13-17)21-18-14-8-3-9-15-18;14-12(15,16)9-5-8(11-3-1-2-4-20-11)6-10(7-9)13(17,18)19;1-4(2)3;/h1-15,22H;1-5,7H;1-3H3;/q+1;-1;;. The molecule has 0 spiro atoms. The van der Waals surface area contributed by atoms with Crippen molar-refractivity contribution >= 4 is 17.4 Å². The Morgan fingerprint density at radius 3 is 1.34 bits per heavy atom. The summed E-state index contributed by atoms with van der Waals surface area (Å²) in [6.45, 7) is 6.81. The third-order valence-corrected chi connectivity index (χ3v) is 6.48. The molecule has 13 heteroatoms. The molecule has 1 heterocycles. The molecule has 0 bridgehead atoms. The smallest absolute Gasteiger partial charge is 0.305 e. The van der Waals surface area contributed by atoms with Crippen LogP contribution in [-0.2, 0) is 32.5 Å². The minimum absolute atomic E-state index is 0. The number of rotatable bonds is 7. The Kier molecular flexibility index (Phi) is 16.1. The average Bonchev–Trinajstić information content (AvgIpc) is 3.02. The maximum atomic E-state index is 12.7. The largest absolute Gasteiger partial charge is 0.528 e. The second-order valence-corrected chi connectivity index (χ2v) is 14.0. The summed E-state index contributed by atoms with van der Waals surface area (Å²) in [5.41, 5.74) is -3.23. The summed E-state index contributed by atoms with van der Waals surface area (Å²) in [5, 5.41) is 0. The molecule has 1 aromatic heterocycles. The van der Waals surface area contributed by atoms with Gasteiger partial charge in [0, 0.05) is 35.1 Å². The Labute approximate surface area is 286 Å². The first-order chi connectivity index (χ1) is 21.8. The van der Waals surface area contributed by atoms with Crippen LogP contribution in [0.3, 0.4) is 0 Å². The van der Waals surface area contributed by atoms with Crippen molar-refractivity contribution in [3.63, 3.8) is 0 Å². The molecule has 2 radical (unpaired) electrons. The van der Waals surface area contributed by atoms with Gasteiger partial charge in [0.05, 0.1) is 0 Å². The molecular formula is C34H31F6IrNO3PSi. The van der Waals surface area contributed by atoms with Crippen LogP contribution in [0.4, 0.5) is 26.3 Å². The first-order valence-electron chi connectivity index (χ1n) is 13.8. The van der Waals surface area contributed by atoms with Crippen LogP contribution in [0.1, 0.15) is 11.1 Å². The molecule has 47 heavy (non-hydrogen) atoms. The second kappa shape index (κ2) is 19.2. The summed E-state index contributed by atoms with van der Waals surface area (Å²) in [7, 11) is -1.88. The summed E-state index contributed by atoms with van der Waals surface area (Å²) in [6, 6.07) is 35.4. The number of para-hydroxylation sites is 3. The predicted octanol–water partition coefficient (Wildman–Crippen LogP) is 11.1.